The Morgan fingerprint density at radius 2 is 1.78 bits per heavy atom. The zero-order valence-corrected chi connectivity index (χ0v) is 12.1. The van der Waals surface area contributed by atoms with Gasteiger partial charge in [-0.15, -0.1) is 0 Å². The lowest BCUT2D eigenvalue weighted by Crippen LogP contribution is -2.29. The summed E-state index contributed by atoms with van der Waals surface area (Å²) in [7, 11) is 0. The maximum absolute atomic E-state index is 11.8. The van der Waals surface area contributed by atoms with E-state index in [1.165, 1.54) is 30.3 Å². The highest BCUT2D eigenvalue weighted by Gasteiger charge is 2.16. The van der Waals surface area contributed by atoms with Gasteiger partial charge in [-0.2, -0.15) is 0 Å². The summed E-state index contributed by atoms with van der Waals surface area (Å²) in [6.45, 7) is 1.76. The van der Waals surface area contributed by atoms with Gasteiger partial charge in [0, 0.05) is 17.8 Å². The number of benzene rings is 2. The standard InChI is InChI=1S/C15H13N3O5/c1-9-5-6-12(13(19)7-9)17-15(21)14(20)16-10-3-2-4-11(8-10)18(22)23/h2-8,19H,1H3,(H,16,20)(H,17,21). The summed E-state index contributed by atoms with van der Waals surface area (Å²) in [4.78, 5) is 33.7. The molecule has 2 amide bonds. The highest BCUT2D eigenvalue weighted by Crippen LogP contribution is 2.24. The lowest BCUT2D eigenvalue weighted by Gasteiger charge is -2.08. The van der Waals surface area contributed by atoms with Gasteiger partial charge in [-0.3, -0.25) is 19.7 Å². The minimum atomic E-state index is -1.01. The van der Waals surface area contributed by atoms with Crippen LogP contribution >= 0.6 is 0 Å². The molecule has 0 radical (unpaired) electrons. The van der Waals surface area contributed by atoms with Crippen molar-refractivity contribution in [2.75, 3.05) is 10.6 Å². The molecule has 8 heteroatoms. The highest BCUT2D eigenvalue weighted by molar-refractivity contribution is 6.43. The van der Waals surface area contributed by atoms with Crippen molar-refractivity contribution in [2.45, 2.75) is 6.92 Å². The van der Waals surface area contributed by atoms with Crippen LogP contribution in [0, 0.1) is 17.0 Å². The number of carbonyl (C=O) groups is 2. The fourth-order valence-electron chi connectivity index (χ4n) is 1.81. The van der Waals surface area contributed by atoms with Gasteiger partial charge in [0.15, 0.2) is 0 Å². The van der Waals surface area contributed by atoms with E-state index < -0.39 is 16.7 Å². The number of aryl methyl sites for hydroxylation is 1. The molecule has 0 spiro atoms. The maximum Gasteiger partial charge on any atom is 0.314 e. The number of nitrogens with zero attached hydrogens (tertiary/aromatic N) is 1. The summed E-state index contributed by atoms with van der Waals surface area (Å²) in [5.41, 5.74) is 0.795. The van der Waals surface area contributed by atoms with Gasteiger partial charge in [0.2, 0.25) is 0 Å². The number of rotatable bonds is 3. The number of hydrogen-bond acceptors (Lipinski definition) is 5. The van der Waals surface area contributed by atoms with Crippen molar-refractivity contribution in [3.05, 3.63) is 58.1 Å². The molecule has 0 atom stereocenters. The van der Waals surface area contributed by atoms with Crippen LogP contribution in [0.3, 0.4) is 0 Å². The number of phenolic OH excluding ortho intramolecular Hbond substituents is 1. The maximum atomic E-state index is 11.8. The molecule has 23 heavy (non-hydrogen) atoms. The molecule has 118 valence electrons. The molecule has 0 bridgehead atoms. The van der Waals surface area contributed by atoms with Gasteiger partial charge < -0.3 is 15.7 Å². The molecule has 0 aliphatic carbocycles. The normalized spacial score (nSPS) is 9.96. The summed E-state index contributed by atoms with van der Waals surface area (Å²) in [5, 5.41) is 24.9. The van der Waals surface area contributed by atoms with Crippen molar-refractivity contribution in [2.24, 2.45) is 0 Å². The second kappa shape index (κ2) is 6.56. The van der Waals surface area contributed by atoms with E-state index in [1.54, 1.807) is 13.0 Å². The van der Waals surface area contributed by atoms with Gasteiger partial charge in [0.25, 0.3) is 5.69 Å². The molecule has 3 N–H and O–H groups in total. The van der Waals surface area contributed by atoms with Crippen LogP contribution in [0.4, 0.5) is 17.1 Å². The first kappa shape index (κ1) is 16.0. The van der Waals surface area contributed by atoms with Gasteiger partial charge in [-0.1, -0.05) is 12.1 Å². The number of nitro benzene ring substituents is 1. The average Bonchev–Trinajstić information content (AvgIpc) is 2.50. The number of hydrogen-bond donors (Lipinski definition) is 3. The van der Waals surface area contributed by atoms with Crippen LogP contribution in [0.2, 0.25) is 0 Å². The molecule has 8 nitrogen and oxygen atoms in total. The van der Waals surface area contributed by atoms with Crippen molar-refractivity contribution in [3.63, 3.8) is 0 Å². The van der Waals surface area contributed by atoms with E-state index in [1.807, 2.05) is 0 Å². The SMILES string of the molecule is Cc1ccc(NC(=O)C(=O)Nc2cccc([N+](=O)[O-])c2)c(O)c1. The number of amides is 2. The molecule has 0 aliphatic heterocycles. The third-order valence-electron chi connectivity index (χ3n) is 2.92. The molecule has 0 fully saturated rings. The summed E-state index contributed by atoms with van der Waals surface area (Å²) in [6.07, 6.45) is 0. The minimum Gasteiger partial charge on any atom is -0.506 e. The molecule has 0 unspecified atom stereocenters. The van der Waals surface area contributed by atoms with E-state index in [0.29, 0.717) is 0 Å². The molecule has 0 aromatic heterocycles. The number of carbonyl (C=O) groups excluding carboxylic acids is 2. The van der Waals surface area contributed by atoms with Crippen LogP contribution in [0.1, 0.15) is 5.56 Å². The number of non-ortho nitro benzene ring substituents is 1. The molecule has 0 heterocycles. The van der Waals surface area contributed by atoms with E-state index in [0.717, 1.165) is 11.6 Å². The van der Waals surface area contributed by atoms with E-state index in [-0.39, 0.29) is 22.8 Å². The second-order valence-corrected chi connectivity index (χ2v) is 4.74. The molecule has 0 saturated heterocycles. The number of nitrogens with one attached hydrogen (secondary N) is 2. The first-order valence-electron chi connectivity index (χ1n) is 6.53. The Balaban J connectivity index is 2.07. The third kappa shape index (κ3) is 4.03. The Morgan fingerprint density at radius 1 is 1.09 bits per heavy atom. The zero-order valence-electron chi connectivity index (χ0n) is 12.1. The van der Waals surface area contributed by atoms with Crippen molar-refractivity contribution in [3.8, 4) is 5.75 Å². The fraction of sp³-hybridized carbons (Fsp3) is 0.0667. The molecule has 2 aromatic carbocycles. The minimum absolute atomic E-state index is 0.0924. The van der Waals surface area contributed by atoms with E-state index in [9.17, 15) is 24.8 Å². The lowest BCUT2D eigenvalue weighted by molar-refractivity contribution is -0.384. The van der Waals surface area contributed by atoms with Crippen molar-refractivity contribution in [1.29, 1.82) is 0 Å². The molecule has 0 saturated carbocycles. The Hall–Kier alpha value is -3.42. The fourth-order valence-corrected chi connectivity index (χ4v) is 1.81. The van der Waals surface area contributed by atoms with Crippen LogP contribution in [-0.4, -0.2) is 21.8 Å². The van der Waals surface area contributed by atoms with Gasteiger partial charge in [0.05, 0.1) is 10.6 Å². The molecular weight excluding hydrogens is 302 g/mol. The smallest absolute Gasteiger partial charge is 0.314 e. The van der Waals surface area contributed by atoms with Crippen LogP contribution < -0.4 is 10.6 Å². The van der Waals surface area contributed by atoms with E-state index in [4.69, 9.17) is 0 Å². The summed E-state index contributed by atoms with van der Waals surface area (Å²) in [5.74, 6) is -2.18. The third-order valence-corrected chi connectivity index (χ3v) is 2.92. The Bertz CT molecular complexity index is 788. The van der Waals surface area contributed by atoms with E-state index >= 15 is 0 Å². The summed E-state index contributed by atoms with van der Waals surface area (Å²) < 4.78 is 0. The summed E-state index contributed by atoms with van der Waals surface area (Å²) in [6, 6.07) is 9.76. The average molecular weight is 315 g/mol. The zero-order chi connectivity index (χ0) is 17.0. The van der Waals surface area contributed by atoms with Crippen molar-refractivity contribution in [1.82, 2.24) is 0 Å². The van der Waals surface area contributed by atoms with E-state index in [2.05, 4.69) is 10.6 Å². The molecule has 0 aliphatic rings. The van der Waals surface area contributed by atoms with Crippen molar-refractivity contribution >= 4 is 28.9 Å². The van der Waals surface area contributed by atoms with Gasteiger partial charge >= 0.3 is 11.8 Å². The van der Waals surface area contributed by atoms with Gasteiger partial charge in [-0.25, -0.2) is 0 Å². The number of phenols is 1. The number of nitro groups is 1. The first-order chi connectivity index (χ1) is 10.9. The molecular formula is C15H13N3O5. The Morgan fingerprint density at radius 3 is 2.43 bits per heavy atom. The van der Waals surface area contributed by atoms with Crippen LogP contribution in [0.5, 0.6) is 5.75 Å². The summed E-state index contributed by atoms with van der Waals surface area (Å²) >= 11 is 0. The lowest BCUT2D eigenvalue weighted by atomic mass is 10.2. The quantitative estimate of drug-likeness (QED) is 0.347. The van der Waals surface area contributed by atoms with Gasteiger partial charge in [-0.05, 0) is 30.7 Å². The van der Waals surface area contributed by atoms with Crippen LogP contribution in [0.25, 0.3) is 0 Å². The monoisotopic (exact) mass is 315 g/mol. The molecule has 2 rings (SSSR count). The number of anilines is 2. The predicted octanol–water partition coefficient (Wildman–Crippen LogP) is 2.19. The Labute approximate surface area is 130 Å². The topological polar surface area (TPSA) is 122 Å². The van der Waals surface area contributed by atoms with Crippen molar-refractivity contribution < 1.29 is 19.6 Å². The first-order valence-corrected chi connectivity index (χ1v) is 6.53. The largest absolute Gasteiger partial charge is 0.506 e. The predicted molar refractivity (Wildman–Crippen MR) is 83.2 cm³/mol. The van der Waals surface area contributed by atoms with Crippen LogP contribution in [0.15, 0.2) is 42.5 Å². The number of aromatic hydroxyl groups is 1. The Kier molecular flexibility index (Phi) is 4.55. The van der Waals surface area contributed by atoms with Gasteiger partial charge in [0.1, 0.15) is 5.75 Å². The highest BCUT2D eigenvalue weighted by atomic mass is 16.6. The second-order valence-electron chi connectivity index (χ2n) is 4.74. The van der Waals surface area contributed by atoms with Crippen LogP contribution in [-0.2, 0) is 9.59 Å². The molecule has 2 aromatic rings.